The fourth-order valence-electron chi connectivity index (χ4n) is 7.73. The molecular weight excluding hydrogens is 607 g/mol. The van der Waals surface area contributed by atoms with Gasteiger partial charge in [-0.1, -0.05) is 152 Å². The number of hydrogen-bond donors (Lipinski definition) is 0. The maximum absolute atomic E-state index is 6.64. The Balaban J connectivity index is 1.24. The molecule has 0 aliphatic heterocycles. The van der Waals surface area contributed by atoms with Gasteiger partial charge in [0.2, 0.25) is 0 Å². The van der Waals surface area contributed by atoms with Crippen molar-refractivity contribution in [3.8, 4) is 22.3 Å². The SMILES string of the molecule is c1ccc(-c2ccc(N(c3ccccc3-c3cccc4oc5c6ccccc6ccc5c34)c3cccc4c3ccc3ccccc34)cc2)cc1. The highest BCUT2D eigenvalue weighted by Crippen LogP contribution is 2.47. The zero-order valence-corrected chi connectivity index (χ0v) is 27.3. The summed E-state index contributed by atoms with van der Waals surface area (Å²) in [7, 11) is 0. The van der Waals surface area contributed by atoms with Crippen molar-refractivity contribution in [3.05, 3.63) is 188 Å². The van der Waals surface area contributed by atoms with E-state index >= 15 is 0 Å². The fraction of sp³-hybridized carbons (Fsp3) is 0. The minimum absolute atomic E-state index is 0.888. The monoisotopic (exact) mass is 637 g/mol. The summed E-state index contributed by atoms with van der Waals surface area (Å²) in [6, 6.07) is 67.5. The van der Waals surface area contributed by atoms with Gasteiger partial charge in [-0.05, 0) is 74.6 Å². The second kappa shape index (κ2) is 11.5. The first-order valence-electron chi connectivity index (χ1n) is 17.1. The van der Waals surface area contributed by atoms with Crippen molar-refractivity contribution < 1.29 is 4.42 Å². The fourth-order valence-corrected chi connectivity index (χ4v) is 7.73. The van der Waals surface area contributed by atoms with Gasteiger partial charge < -0.3 is 9.32 Å². The van der Waals surface area contributed by atoms with E-state index in [-0.39, 0.29) is 0 Å². The third kappa shape index (κ3) is 4.50. The molecule has 50 heavy (non-hydrogen) atoms. The van der Waals surface area contributed by atoms with Crippen molar-refractivity contribution in [1.29, 1.82) is 0 Å². The molecule has 0 radical (unpaired) electrons. The third-order valence-corrected chi connectivity index (χ3v) is 10.1. The van der Waals surface area contributed by atoms with E-state index in [1.165, 1.54) is 38.1 Å². The van der Waals surface area contributed by atoms with Crippen LogP contribution in [0.5, 0.6) is 0 Å². The van der Waals surface area contributed by atoms with Crippen LogP contribution in [0.2, 0.25) is 0 Å². The molecule has 1 heterocycles. The molecule has 2 nitrogen and oxygen atoms in total. The van der Waals surface area contributed by atoms with Crippen LogP contribution in [0.1, 0.15) is 0 Å². The van der Waals surface area contributed by atoms with Crippen LogP contribution in [0.25, 0.3) is 76.5 Å². The minimum atomic E-state index is 0.888. The summed E-state index contributed by atoms with van der Waals surface area (Å²) in [6.07, 6.45) is 0. The van der Waals surface area contributed by atoms with Crippen molar-refractivity contribution in [1.82, 2.24) is 0 Å². The molecule has 1 aromatic heterocycles. The average molecular weight is 638 g/mol. The summed E-state index contributed by atoms with van der Waals surface area (Å²) in [5, 5.41) is 9.48. The molecule has 0 saturated heterocycles. The second-order valence-corrected chi connectivity index (χ2v) is 12.9. The number of furan rings is 1. The molecule has 9 aromatic carbocycles. The Morgan fingerprint density at radius 2 is 0.940 bits per heavy atom. The van der Waals surface area contributed by atoms with Crippen LogP contribution in [0.3, 0.4) is 0 Å². The molecule has 0 aliphatic rings. The second-order valence-electron chi connectivity index (χ2n) is 12.9. The molecule has 0 saturated carbocycles. The van der Waals surface area contributed by atoms with E-state index in [1.54, 1.807) is 0 Å². The smallest absolute Gasteiger partial charge is 0.143 e. The van der Waals surface area contributed by atoms with Crippen molar-refractivity contribution in [2.24, 2.45) is 0 Å². The molecule has 0 N–H and O–H groups in total. The zero-order valence-electron chi connectivity index (χ0n) is 27.3. The summed E-state index contributed by atoms with van der Waals surface area (Å²) in [6.45, 7) is 0. The number of rotatable bonds is 5. The number of para-hydroxylation sites is 1. The van der Waals surface area contributed by atoms with Gasteiger partial charge in [-0.25, -0.2) is 0 Å². The molecule has 10 rings (SSSR count). The van der Waals surface area contributed by atoms with E-state index in [2.05, 4.69) is 193 Å². The number of anilines is 3. The molecule has 0 aliphatic carbocycles. The molecule has 234 valence electrons. The lowest BCUT2D eigenvalue weighted by atomic mass is 9.95. The van der Waals surface area contributed by atoms with Crippen molar-refractivity contribution in [2.45, 2.75) is 0 Å². The van der Waals surface area contributed by atoms with Crippen molar-refractivity contribution >= 4 is 71.3 Å². The van der Waals surface area contributed by atoms with Crippen LogP contribution < -0.4 is 4.90 Å². The summed E-state index contributed by atoms with van der Waals surface area (Å²) in [4.78, 5) is 2.43. The third-order valence-electron chi connectivity index (χ3n) is 10.1. The van der Waals surface area contributed by atoms with Gasteiger partial charge in [0.05, 0.1) is 11.4 Å². The topological polar surface area (TPSA) is 16.4 Å². The largest absolute Gasteiger partial charge is 0.455 e. The molecule has 0 fully saturated rings. The van der Waals surface area contributed by atoms with E-state index < -0.39 is 0 Å². The Morgan fingerprint density at radius 3 is 1.78 bits per heavy atom. The first-order valence-corrected chi connectivity index (χ1v) is 17.1. The molecule has 0 amide bonds. The Bertz CT molecular complexity index is 2870. The van der Waals surface area contributed by atoms with Crippen LogP contribution in [0, 0.1) is 0 Å². The lowest BCUT2D eigenvalue weighted by molar-refractivity contribution is 0.673. The first-order chi connectivity index (χ1) is 24.8. The van der Waals surface area contributed by atoms with Crippen LogP contribution in [0.4, 0.5) is 17.1 Å². The highest BCUT2D eigenvalue weighted by atomic mass is 16.3. The lowest BCUT2D eigenvalue weighted by Gasteiger charge is -2.29. The highest BCUT2D eigenvalue weighted by Gasteiger charge is 2.22. The van der Waals surface area contributed by atoms with Crippen LogP contribution in [-0.4, -0.2) is 0 Å². The summed E-state index contributed by atoms with van der Waals surface area (Å²) in [5.74, 6) is 0. The van der Waals surface area contributed by atoms with Crippen molar-refractivity contribution in [2.75, 3.05) is 4.90 Å². The number of nitrogens with zero attached hydrogens (tertiary/aromatic N) is 1. The predicted octanol–water partition coefficient (Wildman–Crippen LogP) is 13.8. The number of hydrogen-bond acceptors (Lipinski definition) is 2. The quantitative estimate of drug-likeness (QED) is 0.175. The molecule has 2 heteroatoms. The molecule has 0 atom stereocenters. The van der Waals surface area contributed by atoms with Crippen LogP contribution in [-0.2, 0) is 0 Å². The Labute approximate surface area is 290 Å². The number of fused-ring (bicyclic) bond motifs is 8. The normalized spacial score (nSPS) is 11.6. The van der Waals surface area contributed by atoms with Gasteiger partial charge in [0.15, 0.2) is 0 Å². The molecule has 10 aromatic rings. The van der Waals surface area contributed by atoms with Gasteiger partial charge in [0, 0.05) is 32.8 Å². The average Bonchev–Trinajstić information content (AvgIpc) is 3.59. The van der Waals surface area contributed by atoms with Gasteiger partial charge in [-0.2, -0.15) is 0 Å². The summed E-state index contributed by atoms with van der Waals surface area (Å²) < 4.78 is 6.64. The van der Waals surface area contributed by atoms with Gasteiger partial charge >= 0.3 is 0 Å². The molecule has 0 bridgehead atoms. The molecular formula is C48H31NO. The van der Waals surface area contributed by atoms with E-state index in [9.17, 15) is 0 Å². The zero-order chi connectivity index (χ0) is 33.0. The Morgan fingerprint density at radius 1 is 0.340 bits per heavy atom. The standard InChI is InChI=1S/C48H31NO/c1-2-12-32(13-3-1)33-24-28-36(29-25-33)49(45-22-10-19-39-37-16-6-4-14-34(37)26-30-41(39)45)44-21-9-8-18-40(44)42-20-11-23-46-47(42)43-31-27-35-15-5-7-17-38(35)48(43)50-46/h1-31H. The van der Waals surface area contributed by atoms with E-state index in [0.29, 0.717) is 0 Å². The van der Waals surface area contributed by atoms with Crippen LogP contribution >= 0.6 is 0 Å². The van der Waals surface area contributed by atoms with Gasteiger partial charge in [0.25, 0.3) is 0 Å². The lowest BCUT2D eigenvalue weighted by Crippen LogP contribution is -2.11. The summed E-state index contributed by atoms with van der Waals surface area (Å²) >= 11 is 0. The Kier molecular flexibility index (Phi) is 6.53. The van der Waals surface area contributed by atoms with Gasteiger partial charge in [0.1, 0.15) is 11.2 Å². The molecule has 0 spiro atoms. The van der Waals surface area contributed by atoms with E-state index in [0.717, 1.165) is 55.5 Å². The van der Waals surface area contributed by atoms with Gasteiger partial charge in [-0.3, -0.25) is 0 Å². The maximum Gasteiger partial charge on any atom is 0.143 e. The Hall–Kier alpha value is -6.64. The van der Waals surface area contributed by atoms with E-state index in [4.69, 9.17) is 4.42 Å². The van der Waals surface area contributed by atoms with Crippen molar-refractivity contribution in [3.63, 3.8) is 0 Å². The van der Waals surface area contributed by atoms with E-state index in [1.807, 2.05) is 0 Å². The summed E-state index contributed by atoms with van der Waals surface area (Å²) in [5.41, 5.74) is 9.81. The minimum Gasteiger partial charge on any atom is -0.455 e. The maximum atomic E-state index is 6.64. The highest BCUT2D eigenvalue weighted by molar-refractivity contribution is 6.20. The van der Waals surface area contributed by atoms with Crippen LogP contribution in [0.15, 0.2) is 192 Å². The predicted molar refractivity (Wildman–Crippen MR) is 212 cm³/mol. The number of benzene rings is 9. The molecule has 0 unspecified atom stereocenters. The first kappa shape index (κ1) is 28.4. The van der Waals surface area contributed by atoms with Gasteiger partial charge in [-0.15, -0.1) is 0 Å².